The summed E-state index contributed by atoms with van der Waals surface area (Å²) in [6, 6.07) is 8.90. The molecule has 120 valence electrons. The van der Waals surface area contributed by atoms with Gasteiger partial charge in [0.15, 0.2) is 0 Å². The van der Waals surface area contributed by atoms with Crippen LogP contribution in [0, 0.1) is 12.0 Å². The van der Waals surface area contributed by atoms with Gasteiger partial charge in [0.25, 0.3) is 10.0 Å². The van der Waals surface area contributed by atoms with Gasteiger partial charge >= 0.3 is 0 Å². The molecule has 1 aromatic carbocycles. The summed E-state index contributed by atoms with van der Waals surface area (Å²) >= 11 is 5.59. The SMILES string of the molecule is C=CCN(C#CCCCCCl)S(=O)(=O)c1ccc(OC)cc1. The Balaban J connectivity index is 2.93. The number of methoxy groups -OCH3 is 1. The van der Waals surface area contributed by atoms with Crippen LogP contribution in [0.25, 0.3) is 0 Å². The highest BCUT2D eigenvalue weighted by Gasteiger charge is 2.20. The first kappa shape index (κ1) is 18.4. The zero-order valence-corrected chi connectivity index (χ0v) is 14.2. The summed E-state index contributed by atoms with van der Waals surface area (Å²) in [7, 11) is -2.15. The molecular weight excluding hydrogens is 322 g/mol. The molecule has 22 heavy (non-hydrogen) atoms. The van der Waals surface area contributed by atoms with Gasteiger partial charge in [0.05, 0.1) is 18.6 Å². The maximum Gasteiger partial charge on any atom is 0.271 e. The molecule has 0 aliphatic heterocycles. The zero-order valence-electron chi connectivity index (χ0n) is 12.6. The fraction of sp³-hybridized carbons (Fsp3) is 0.375. The number of halogens is 1. The topological polar surface area (TPSA) is 46.6 Å². The van der Waals surface area contributed by atoms with Crippen LogP contribution in [0.4, 0.5) is 0 Å². The number of alkyl halides is 1. The number of hydrogen-bond acceptors (Lipinski definition) is 3. The second-order valence-corrected chi connectivity index (χ2v) is 6.68. The second kappa shape index (κ2) is 9.39. The third kappa shape index (κ3) is 5.28. The van der Waals surface area contributed by atoms with Crippen LogP contribution >= 0.6 is 11.6 Å². The minimum Gasteiger partial charge on any atom is -0.497 e. The summed E-state index contributed by atoms with van der Waals surface area (Å²) in [6.45, 7) is 3.72. The number of unbranched alkanes of at least 4 members (excludes halogenated alkanes) is 2. The molecule has 0 saturated heterocycles. The number of rotatable bonds is 8. The summed E-state index contributed by atoms with van der Waals surface area (Å²) < 4.78 is 31.2. The van der Waals surface area contributed by atoms with Crippen molar-refractivity contribution in [2.45, 2.75) is 24.2 Å². The standard InChI is InChI=1S/C16H20ClNO3S/c1-3-13-18(14-7-5-4-6-12-17)22(19,20)16-10-8-15(21-2)9-11-16/h3,8-11H,1,4-6,12-13H2,2H3. The third-order valence-electron chi connectivity index (χ3n) is 2.83. The lowest BCUT2D eigenvalue weighted by Gasteiger charge is -2.16. The monoisotopic (exact) mass is 341 g/mol. The summed E-state index contributed by atoms with van der Waals surface area (Å²) in [6.07, 6.45) is 3.83. The Labute approximate surface area is 137 Å². The largest absolute Gasteiger partial charge is 0.497 e. The van der Waals surface area contributed by atoms with Crippen molar-refractivity contribution in [2.24, 2.45) is 0 Å². The summed E-state index contributed by atoms with van der Waals surface area (Å²) in [5.74, 6) is 4.05. The van der Waals surface area contributed by atoms with Crippen molar-refractivity contribution in [3.8, 4) is 17.7 Å². The van der Waals surface area contributed by atoms with Gasteiger partial charge in [-0.05, 0) is 37.1 Å². The molecule has 1 aromatic rings. The molecule has 4 nitrogen and oxygen atoms in total. The minimum atomic E-state index is -3.67. The molecule has 0 N–H and O–H groups in total. The Bertz CT molecular complexity index is 630. The highest BCUT2D eigenvalue weighted by atomic mass is 35.5. The van der Waals surface area contributed by atoms with Gasteiger partial charge < -0.3 is 4.74 Å². The summed E-state index contributed by atoms with van der Waals surface area (Å²) in [5, 5.41) is 0. The van der Waals surface area contributed by atoms with Crippen LogP contribution in [0.5, 0.6) is 5.75 Å². The molecule has 0 aromatic heterocycles. The van der Waals surface area contributed by atoms with Gasteiger partial charge in [-0.2, -0.15) is 0 Å². The maximum atomic E-state index is 12.6. The lowest BCUT2D eigenvalue weighted by atomic mass is 10.3. The van der Waals surface area contributed by atoms with E-state index < -0.39 is 10.0 Å². The van der Waals surface area contributed by atoms with Crippen molar-refractivity contribution in [1.29, 1.82) is 0 Å². The van der Waals surface area contributed by atoms with Gasteiger partial charge in [-0.25, -0.2) is 12.7 Å². The zero-order chi connectivity index (χ0) is 16.4. The predicted molar refractivity (Wildman–Crippen MR) is 89.4 cm³/mol. The van der Waals surface area contributed by atoms with Crippen molar-refractivity contribution < 1.29 is 13.2 Å². The van der Waals surface area contributed by atoms with Crippen molar-refractivity contribution in [2.75, 3.05) is 19.5 Å². The highest BCUT2D eigenvalue weighted by Crippen LogP contribution is 2.19. The van der Waals surface area contributed by atoms with Crippen LogP contribution in [0.2, 0.25) is 0 Å². The number of sulfonamides is 1. The molecule has 0 spiro atoms. The van der Waals surface area contributed by atoms with Crippen molar-refractivity contribution in [3.63, 3.8) is 0 Å². The Morgan fingerprint density at radius 3 is 2.55 bits per heavy atom. The molecule has 0 bridgehead atoms. The van der Waals surface area contributed by atoms with E-state index in [4.69, 9.17) is 16.3 Å². The maximum absolute atomic E-state index is 12.6. The average Bonchev–Trinajstić information content (AvgIpc) is 2.53. The number of nitrogens with zero attached hydrogens (tertiary/aromatic N) is 1. The van der Waals surface area contributed by atoms with Gasteiger partial charge in [-0.1, -0.05) is 12.0 Å². The third-order valence-corrected chi connectivity index (χ3v) is 4.79. The van der Waals surface area contributed by atoms with Crippen LogP contribution in [0.3, 0.4) is 0 Å². The molecule has 0 saturated carbocycles. The predicted octanol–water partition coefficient (Wildman–Crippen LogP) is 3.24. The number of hydrogen-bond donors (Lipinski definition) is 0. The first-order valence-electron chi connectivity index (χ1n) is 6.88. The molecule has 0 aliphatic rings. The molecule has 0 aliphatic carbocycles. The smallest absolute Gasteiger partial charge is 0.271 e. The fourth-order valence-electron chi connectivity index (χ4n) is 1.65. The van der Waals surface area contributed by atoms with Gasteiger partial charge in [0.2, 0.25) is 0 Å². The molecule has 0 radical (unpaired) electrons. The van der Waals surface area contributed by atoms with E-state index in [9.17, 15) is 8.42 Å². The Hall–Kier alpha value is -1.64. The molecule has 0 amide bonds. The molecule has 0 atom stereocenters. The highest BCUT2D eigenvalue weighted by molar-refractivity contribution is 7.89. The van der Waals surface area contributed by atoms with E-state index in [0.717, 1.165) is 17.1 Å². The second-order valence-electron chi connectivity index (χ2n) is 4.44. The molecule has 6 heteroatoms. The van der Waals surface area contributed by atoms with E-state index in [1.165, 1.54) is 25.3 Å². The van der Waals surface area contributed by atoms with E-state index >= 15 is 0 Å². The van der Waals surface area contributed by atoms with E-state index in [-0.39, 0.29) is 11.4 Å². The van der Waals surface area contributed by atoms with Crippen LogP contribution in [0.1, 0.15) is 19.3 Å². The Morgan fingerprint density at radius 1 is 1.32 bits per heavy atom. The van der Waals surface area contributed by atoms with Crippen molar-refractivity contribution in [1.82, 2.24) is 4.31 Å². The van der Waals surface area contributed by atoms with Crippen LogP contribution in [-0.4, -0.2) is 32.3 Å². The van der Waals surface area contributed by atoms with Gasteiger partial charge in [-0.3, -0.25) is 0 Å². The quantitative estimate of drug-likeness (QED) is 0.240. The van der Waals surface area contributed by atoms with Crippen molar-refractivity contribution in [3.05, 3.63) is 36.9 Å². The summed E-state index contributed by atoms with van der Waals surface area (Å²) in [5.41, 5.74) is 0. The first-order chi connectivity index (χ1) is 10.6. The molecular formula is C16H20ClNO3S. The molecule has 0 unspecified atom stereocenters. The van der Waals surface area contributed by atoms with Gasteiger partial charge in [0, 0.05) is 18.3 Å². The lowest BCUT2D eigenvalue weighted by molar-refractivity contribution is 0.414. The summed E-state index contributed by atoms with van der Waals surface area (Å²) in [4.78, 5) is 0.171. The first-order valence-corrected chi connectivity index (χ1v) is 8.86. The van der Waals surface area contributed by atoms with Gasteiger partial charge in [0.1, 0.15) is 5.75 Å². The number of ether oxygens (including phenoxy) is 1. The van der Waals surface area contributed by atoms with Crippen LogP contribution in [-0.2, 0) is 10.0 Å². The molecule has 0 fully saturated rings. The van der Waals surface area contributed by atoms with Gasteiger partial charge in [-0.15, -0.1) is 18.2 Å². The molecule has 1 rings (SSSR count). The van der Waals surface area contributed by atoms with Crippen molar-refractivity contribution >= 4 is 21.6 Å². The molecule has 0 heterocycles. The fourth-order valence-corrected chi connectivity index (χ4v) is 3.06. The Kier molecular flexibility index (Phi) is 7.86. The van der Waals surface area contributed by atoms with E-state index in [1.54, 1.807) is 12.1 Å². The minimum absolute atomic E-state index is 0.136. The Morgan fingerprint density at radius 2 is 2.00 bits per heavy atom. The van der Waals surface area contributed by atoms with Crippen LogP contribution < -0.4 is 4.74 Å². The van der Waals surface area contributed by atoms with Crippen LogP contribution in [0.15, 0.2) is 41.8 Å². The van der Waals surface area contributed by atoms with E-state index in [1.807, 2.05) is 0 Å². The van der Waals surface area contributed by atoms with E-state index in [0.29, 0.717) is 18.1 Å². The average molecular weight is 342 g/mol. The number of benzene rings is 1. The van der Waals surface area contributed by atoms with E-state index in [2.05, 4.69) is 18.5 Å². The lowest BCUT2D eigenvalue weighted by Crippen LogP contribution is -2.26. The normalized spacial score (nSPS) is 10.5.